The van der Waals surface area contributed by atoms with Crippen molar-refractivity contribution in [3.63, 3.8) is 0 Å². The lowest BCUT2D eigenvalue weighted by Gasteiger charge is -2.03. The summed E-state index contributed by atoms with van der Waals surface area (Å²) < 4.78 is 24.8. The Kier molecular flexibility index (Phi) is 5.44. The van der Waals surface area contributed by atoms with Gasteiger partial charge in [-0.1, -0.05) is 28.1 Å². The van der Waals surface area contributed by atoms with Crippen LogP contribution in [0.5, 0.6) is 0 Å². The molecule has 0 radical (unpaired) electrons. The molecule has 1 N–H and O–H groups in total. The third-order valence-electron chi connectivity index (χ3n) is 2.63. The summed E-state index contributed by atoms with van der Waals surface area (Å²) in [5.74, 6) is 0. The Morgan fingerprint density at radius 1 is 1.10 bits per heavy atom. The minimum atomic E-state index is -3.63. The second kappa shape index (κ2) is 7.11. The molecule has 0 aromatic heterocycles. The lowest BCUT2D eigenvalue weighted by atomic mass is 10.2. The van der Waals surface area contributed by atoms with Crippen molar-refractivity contribution in [2.75, 3.05) is 6.26 Å². The molecule has 0 unspecified atom stereocenters. The summed E-state index contributed by atoms with van der Waals surface area (Å²) in [4.78, 5) is 3.50. The van der Waals surface area contributed by atoms with E-state index in [9.17, 15) is 8.42 Å². The highest BCUT2D eigenvalue weighted by Crippen LogP contribution is 2.15. The summed E-state index contributed by atoms with van der Waals surface area (Å²) in [5.41, 5.74) is 0.825. The summed E-state index contributed by atoms with van der Waals surface area (Å²) in [6, 6.07) is 14.0. The maximum atomic E-state index is 12.0. The molecule has 4 nitrogen and oxygen atoms in total. The van der Waals surface area contributed by atoms with Crippen LogP contribution in [0.15, 0.2) is 67.9 Å². The Morgan fingerprint density at radius 3 is 2.29 bits per heavy atom. The average Bonchev–Trinajstić information content (AvgIpc) is 2.48. The first kappa shape index (κ1) is 16.1. The Hall–Kier alpha value is -1.31. The number of benzene rings is 2. The quantitative estimate of drug-likeness (QED) is 0.487. The van der Waals surface area contributed by atoms with E-state index in [2.05, 4.69) is 25.9 Å². The van der Waals surface area contributed by atoms with Gasteiger partial charge in [0.05, 0.1) is 11.1 Å². The van der Waals surface area contributed by atoms with Gasteiger partial charge >= 0.3 is 0 Å². The molecule has 0 bridgehead atoms. The van der Waals surface area contributed by atoms with Gasteiger partial charge in [-0.3, -0.25) is 0 Å². The lowest BCUT2D eigenvalue weighted by molar-refractivity contribution is 0.584. The molecule has 7 heteroatoms. The second-order valence-corrected chi connectivity index (χ2v) is 7.54. The van der Waals surface area contributed by atoms with Crippen LogP contribution in [0.4, 0.5) is 0 Å². The Balaban J connectivity index is 2.06. The minimum Gasteiger partial charge on any atom is -0.200 e. The highest BCUT2D eigenvalue weighted by Gasteiger charge is 2.11. The van der Waals surface area contributed by atoms with Crippen LogP contribution in [0, 0.1) is 0 Å². The van der Waals surface area contributed by atoms with Gasteiger partial charge in [0.1, 0.15) is 0 Å². The molecule has 0 aliphatic rings. The maximum absolute atomic E-state index is 12.0. The van der Waals surface area contributed by atoms with Crippen molar-refractivity contribution in [2.45, 2.75) is 9.79 Å². The van der Waals surface area contributed by atoms with E-state index in [1.165, 1.54) is 18.3 Å². The molecule has 0 amide bonds. The lowest BCUT2D eigenvalue weighted by Crippen LogP contribution is -2.18. The van der Waals surface area contributed by atoms with Crippen LogP contribution >= 0.6 is 27.7 Å². The number of halogens is 1. The number of rotatable bonds is 5. The smallest absolute Gasteiger partial charge is 0.200 e. The molecule has 21 heavy (non-hydrogen) atoms. The van der Waals surface area contributed by atoms with Gasteiger partial charge < -0.3 is 0 Å². The number of hydrazone groups is 1. The first-order valence-electron chi connectivity index (χ1n) is 5.96. The number of hydrogen-bond acceptors (Lipinski definition) is 4. The van der Waals surface area contributed by atoms with Gasteiger partial charge in [0.25, 0.3) is 10.0 Å². The molecule has 0 atom stereocenters. The van der Waals surface area contributed by atoms with Crippen LogP contribution in [0.2, 0.25) is 0 Å². The predicted octanol–water partition coefficient (Wildman–Crippen LogP) is 3.48. The second-order valence-electron chi connectivity index (χ2n) is 4.08. The van der Waals surface area contributed by atoms with Gasteiger partial charge in [0.15, 0.2) is 0 Å². The fraction of sp³-hybridized carbons (Fsp3) is 0.0714. The van der Waals surface area contributed by atoms with Crippen molar-refractivity contribution < 1.29 is 8.42 Å². The van der Waals surface area contributed by atoms with Crippen LogP contribution in [-0.4, -0.2) is 20.9 Å². The summed E-state index contributed by atoms with van der Waals surface area (Å²) >= 11 is 4.90. The van der Waals surface area contributed by atoms with E-state index in [1.807, 2.05) is 30.5 Å². The standard InChI is InChI=1S/C14H13BrN2O2S2/c1-20-13-6-2-11(3-7-13)10-16-17-21(18,19)14-8-4-12(15)5-9-14/h2-10,17H,1H3/b16-10+. The summed E-state index contributed by atoms with van der Waals surface area (Å²) in [7, 11) is -3.63. The monoisotopic (exact) mass is 384 g/mol. The molecule has 0 aliphatic carbocycles. The van der Waals surface area contributed by atoms with Crippen LogP contribution in [0.3, 0.4) is 0 Å². The summed E-state index contributed by atoms with van der Waals surface area (Å²) in [6.07, 6.45) is 3.47. The fourth-order valence-corrected chi connectivity index (χ4v) is 2.99. The highest BCUT2D eigenvalue weighted by atomic mass is 79.9. The largest absolute Gasteiger partial charge is 0.276 e. The molecule has 2 aromatic carbocycles. The van der Waals surface area contributed by atoms with Crippen molar-refractivity contribution in [3.8, 4) is 0 Å². The zero-order valence-corrected chi connectivity index (χ0v) is 14.4. The molecule has 0 saturated carbocycles. The highest BCUT2D eigenvalue weighted by molar-refractivity contribution is 9.10. The van der Waals surface area contributed by atoms with E-state index in [1.54, 1.807) is 23.9 Å². The van der Waals surface area contributed by atoms with Crippen LogP contribution in [-0.2, 0) is 10.0 Å². The number of sulfonamides is 1. The predicted molar refractivity (Wildman–Crippen MR) is 90.3 cm³/mol. The fourth-order valence-electron chi connectivity index (χ4n) is 1.53. The summed E-state index contributed by atoms with van der Waals surface area (Å²) in [5, 5.41) is 3.79. The third-order valence-corrected chi connectivity index (χ3v) is 5.14. The first-order valence-corrected chi connectivity index (χ1v) is 9.46. The number of nitrogens with zero attached hydrogens (tertiary/aromatic N) is 1. The molecule has 0 heterocycles. The van der Waals surface area contributed by atoms with Gasteiger partial charge in [-0.05, 0) is 48.2 Å². The van der Waals surface area contributed by atoms with Crippen LogP contribution in [0.1, 0.15) is 5.56 Å². The first-order chi connectivity index (χ1) is 10.0. The van der Waals surface area contributed by atoms with E-state index < -0.39 is 10.0 Å². The molecule has 0 fully saturated rings. The normalized spacial score (nSPS) is 11.7. The van der Waals surface area contributed by atoms with E-state index in [0.717, 1.165) is 14.9 Å². The Morgan fingerprint density at radius 2 is 1.71 bits per heavy atom. The molecule has 0 saturated heterocycles. The van der Waals surface area contributed by atoms with E-state index in [0.29, 0.717) is 0 Å². The van der Waals surface area contributed by atoms with E-state index in [-0.39, 0.29) is 4.90 Å². The summed E-state index contributed by atoms with van der Waals surface area (Å²) in [6.45, 7) is 0. The molecule has 110 valence electrons. The number of thioether (sulfide) groups is 1. The van der Waals surface area contributed by atoms with E-state index >= 15 is 0 Å². The van der Waals surface area contributed by atoms with Gasteiger partial charge in [-0.25, -0.2) is 4.83 Å². The molecule has 0 aliphatic heterocycles. The maximum Gasteiger partial charge on any atom is 0.276 e. The van der Waals surface area contributed by atoms with Crippen molar-refractivity contribution in [3.05, 3.63) is 58.6 Å². The van der Waals surface area contributed by atoms with Crippen LogP contribution < -0.4 is 4.83 Å². The van der Waals surface area contributed by atoms with Gasteiger partial charge in [-0.15, -0.1) is 11.8 Å². The third kappa shape index (κ3) is 4.59. The number of hydrogen-bond donors (Lipinski definition) is 1. The molecule has 2 aromatic rings. The van der Waals surface area contributed by atoms with Gasteiger partial charge in [-0.2, -0.15) is 13.5 Å². The average molecular weight is 385 g/mol. The zero-order valence-electron chi connectivity index (χ0n) is 11.2. The number of nitrogens with one attached hydrogen (secondary N) is 1. The van der Waals surface area contributed by atoms with Gasteiger partial charge in [0.2, 0.25) is 0 Å². The molecule has 2 rings (SSSR count). The van der Waals surface area contributed by atoms with Crippen molar-refractivity contribution in [1.29, 1.82) is 0 Å². The van der Waals surface area contributed by atoms with Gasteiger partial charge in [0, 0.05) is 9.37 Å². The zero-order chi connectivity index (χ0) is 15.3. The van der Waals surface area contributed by atoms with Crippen molar-refractivity contribution >= 4 is 43.9 Å². The Bertz CT molecular complexity index is 727. The van der Waals surface area contributed by atoms with E-state index in [4.69, 9.17) is 0 Å². The van der Waals surface area contributed by atoms with Crippen LogP contribution in [0.25, 0.3) is 0 Å². The minimum absolute atomic E-state index is 0.167. The molecule has 0 spiro atoms. The SMILES string of the molecule is CSc1ccc(/C=N/NS(=O)(=O)c2ccc(Br)cc2)cc1. The molecular weight excluding hydrogens is 372 g/mol. The topological polar surface area (TPSA) is 58.5 Å². The Labute approximate surface area is 136 Å². The van der Waals surface area contributed by atoms with Crippen molar-refractivity contribution in [2.24, 2.45) is 5.10 Å². The molecular formula is C14H13BrN2O2S2. The van der Waals surface area contributed by atoms with Crippen molar-refractivity contribution in [1.82, 2.24) is 4.83 Å².